The van der Waals surface area contributed by atoms with Gasteiger partial charge in [-0.05, 0) is 42.4 Å². The summed E-state index contributed by atoms with van der Waals surface area (Å²) in [4.78, 5) is 54.1. The number of ether oxygens (including phenoxy) is 3. The van der Waals surface area contributed by atoms with Gasteiger partial charge >= 0.3 is 12.1 Å². The Morgan fingerprint density at radius 1 is 1.15 bits per heavy atom. The summed E-state index contributed by atoms with van der Waals surface area (Å²) in [5, 5.41) is 39.3. The van der Waals surface area contributed by atoms with E-state index in [1.54, 1.807) is 58.0 Å². The van der Waals surface area contributed by atoms with Crippen molar-refractivity contribution in [1.82, 2.24) is 10.1 Å². The highest BCUT2D eigenvalue weighted by molar-refractivity contribution is 6.64. The monoisotopic (exact) mass is 668 g/mol. The third kappa shape index (κ3) is 5.33. The van der Waals surface area contributed by atoms with Gasteiger partial charge in [0.25, 0.3) is 7.41 Å². The van der Waals surface area contributed by atoms with E-state index < -0.39 is 82.0 Å². The highest BCUT2D eigenvalue weighted by Crippen LogP contribution is 2.66. The number of aliphatic hydroxyl groups excluding tert-OH is 2. The van der Waals surface area contributed by atoms with E-state index in [2.05, 4.69) is 5.23 Å². The molecule has 0 radical (unpaired) electrons. The second-order valence-electron chi connectivity index (χ2n) is 15.3. The molecule has 1 aromatic rings. The molecule has 4 N–H and O–H groups in total. The van der Waals surface area contributed by atoms with Gasteiger partial charge in [-0.1, -0.05) is 58.0 Å². The molecule has 1 heterocycles. The van der Waals surface area contributed by atoms with Crippen molar-refractivity contribution < 1.29 is 48.7 Å². The largest absolute Gasteiger partial charge is 0.455 e. The Labute approximate surface area is 282 Å². The number of esters is 1. The molecule has 11 atom stereocenters. The third-order valence-corrected chi connectivity index (χ3v) is 12.2. The van der Waals surface area contributed by atoms with Crippen LogP contribution in [0.5, 0.6) is 0 Å². The van der Waals surface area contributed by atoms with E-state index in [9.17, 15) is 34.5 Å². The van der Waals surface area contributed by atoms with Gasteiger partial charge in [-0.2, -0.15) is 0 Å². The third-order valence-electron chi connectivity index (χ3n) is 12.2. The number of aliphatic hydroxyl groups is 3. The number of nitrogens with one attached hydrogen (secondary N) is 1. The van der Waals surface area contributed by atoms with Gasteiger partial charge in [0.05, 0.1) is 42.1 Å². The Kier molecular flexibility index (Phi) is 9.54. The van der Waals surface area contributed by atoms with Crippen molar-refractivity contribution in [2.75, 3.05) is 20.7 Å². The molecule has 2 saturated carbocycles. The van der Waals surface area contributed by atoms with Crippen molar-refractivity contribution in [3.8, 4) is 0 Å². The Balaban J connectivity index is 1.60. The van der Waals surface area contributed by atoms with Crippen molar-refractivity contribution in [2.45, 2.75) is 96.5 Å². The SMILES string of the molecule is CC1=C2[C@@H](O)C(=O)[C@@]3(C)[C@H]([C@H](C)[C@](O)(C[C@@H]1OC(=O)[C@H](OC(=O)N(C)C)[C@@H](NBC=O)c1ccccc1)C2(C)C)[C@]1(C)CO[C@@H]1C[C@@H]3O. The molecule has 3 aliphatic carbocycles. The van der Waals surface area contributed by atoms with Crippen LogP contribution < -0.4 is 5.23 Å². The number of nitrogens with zero attached hydrogens (tertiary/aromatic N) is 1. The molecule has 3 fully saturated rings. The fraction of sp³-hybridized carbons (Fsp3) is 0.657. The van der Waals surface area contributed by atoms with E-state index in [0.717, 1.165) is 4.90 Å². The summed E-state index contributed by atoms with van der Waals surface area (Å²) in [6.07, 6.45) is -5.82. The molecule has 5 rings (SSSR count). The zero-order valence-electron chi connectivity index (χ0n) is 29.1. The van der Waals surface area contributed by atoms with Crippen LogP contribution in [-0.4, -0.2) is 108 Å². The molecule has 262 valence electrons. The lowest BCUT2D eigenvalue weighted by atomic mass is 9.40. The first-order valence-electron chi connectivity index (χ1n) is 16.6. The standard InChI is InChI=1S/C35H49BN2O10/c1-18-21(47-30(43)27(48-31(44)38(7)8)25(37-36-17-39)20-12-10-9-11-13-20)15-35(45)19(2)28-33(5)16-46-23(33)14-22(40)34(28,6)29(42)26(41)24(18)32(35,3)4/h9-13,17,19,21-23,25-28,36-37,40-41,45H,14-16H2,1-8H3/t19-,21-,22-,23+,25-,26+,27+,28+,33+,34+,35+/m0/s1. The topological polar surface area (TPSA) is 172 Å². The number of hydrogen-bond acceptors (Lipinski definition) is 11. The number of amides is 1. The van der Waals surface area contributed by atoms with Gasteiger partial charge in [0.1, 0.15) is 12.2 Å². The van der Waals surface area contributed by atoms with Gasteiger partial charge in [0, 0.05) is 37.8 Å². The van der Waals surface area contributed by atoms with E-state index in [1.807, 2.05) is 13.8 Å². The van der Waals surface area contributed by atoms with E-state index in [0.29, 0.717) is 23.9 Å². The summed E-state index contributed by atoms with van der Waals surface area (Å²) >= 11 is 0. The Morgan fingerprint density at radius 2 is 1.79 bits per heavy atom. The van der Waals surface area contributed by atoms with Gasteiger partial charge < -0.3 is 44.5 Å². The number of hydrogen-bond donors (Lipinski definition) is 4. The van der Waals surface area contributed by atoms with E-state index in [1.165, 1.54) is 14.1 Å². The molecule has 12 nitrogen and oxygen atoms in total. The lowest BCUT2D eigenvalue weighted by Crippen LogP contribution is -2.75. The minimum Gasteiger partial charge on any atom is -0.455 e. The molecular formula is C35H49BN2O10. The number of benzene rings is 1. The smallest absolute Gasteiger partial charge is 0.410 e. The van der Waals surface area contributed by atoms with E-state index in [4.69, 9.17) is 14.2 Å². The highest BCUT2D eigenvalue weighted by atomic mass is 16.6. The molecule has 1 aromatic carbocycles. The van der Waals surface area contributed by atoms with Crippen LogP contribution in [0.3, 0.4) is 0 Å². The summed E-state index contributed by atoms with van der Waals surface area (Å²) in [7, 11) is 2.79. The number of rotatable bonds is 8. The number of fused-ring (bicyclic) bond motifs is 5. The number of carbonyl (C=O) groups is 4. The highest BCUT2D eigenvalue weighted by Gasteiger charge is 2.72. The molecule has 0 unspecified atom stereocenters. The zero-order chi connectivity index (χ0) is 35.6. The molecule has 1 saturated heterocycles. The first kappa shape index (κ1) is 36.2. The molecule has 48 heavy (non-hydrogen) atoms. The molecule has 2 bridgehead atoms. The van der Waals surface area contributed by atoms with Crippen molar-refractivity contribution in [3.63, 3.8) is 0 Å². The number of Topliss-reactive ketones (excluding diaryl/α,β-unsaturated/α-hetero) is 1. The first-order valence-corrected chi connectivity index (χ1v) is 16.6. The van der Waals surface area contributed by atoms with Crippen LogP contribution in [0.15, 0.2) is 41.5 Å². The quantitative estimate of drug-likeness (QED) is 0.138. The average molecular weight is 669 g/mol. The molecule has 0 spiro atoms. The van der Waals surface area contributed by atoms with Gasteiger partial charge in [-0.3, -0.25) is 4.79 Å². The van der Waals surface area contributed by atoms with Crippen molar-refractivity contribution in [2.24, 2.45) is 28.1 Å². The van der Waals surface area contributed by atoms with Crippen LogP contribution in [0.25, 0.3) is 0 Å². The normalized spacial score (nSPS) is 38.1. The minimum absolute atomic E-state index is 0.0838. The minimum atomic E-state index is -1.70. The molecule has 0 aromatic heterocycles. The van der Waals surface area contributed by atoms with Crippen LogP contribution in [0.4, 0.5) is 4.79 Å². The molecule has 13 heteroatoms. The van der Waals surface area contributed by atoms with Gasteiger partial charge in [0.2, 0.25) is 6.10 Å². The maximum absolute atomic E-state index is 14.5. The predicted molar refractivity (Wildman–Crippen MR) is 176 cm³/mol. The van der Waals surface area contributed by atoms with Crippen LogP contribution >= 0.6 is 0 Å². The van der Waals surface area contributed by atoms with Crippen molar-refractivity contribution in [3.05, 3.63) is 47.0 Å². The second kappa shape index (κ2) is 12.7. The van der Waals surface area contributed by atoms with Gasteiger partial charge in [0.15, 0.2) is 5.78 Å². The average Bonchev–Trinajstić information content (AvgIpc) is 3.03. The van der Waals surface area contributed by atoms with Gasteiger partial charge in [-0.25, -0.2) is 9.59 Å². The molecule has 1 amide bonds. The van der Waals surface area contributed by atoms with Crippen molar-refractivity contribution >= 4 is 31.4 Å². The summed E-state index contributed by atoms with van der Waals surface area (Å²) in [6.45, 7) is 11.1. The fourth-order valence-corrected chi connectivity index (χ4v) is 9.48. The first-order chi connectivity index (χ1) is 22.4. The molecule has 1 aliphatic heterocycles. The maximum Gasteiger partial charge on any atom is 0.410 e. The Morgan fingerprint density at radius 3 is 2.35 bits per heavy atom. The Hall–Kier alpha value is -3.10. The lowest BCUT2D eigenvalue weighted by Gasteiger charge is -2.68. The maximum atomic E-state index is 14.5. The number of carbonyl (C=O) groups excluding carboxylic acids is 4. The summed E-state index contributed by atoms with van der Waals surface area (Å²) in [5.41, 5.74) is -3.54. The Bertz CT molecular complexity index is 1480. The summed E-state index contributed by atoms with van der Waals surface area (Å²) < 4.78 is 17.7. The number of ketones is 1. The van der Waals surface area contributed by atoms with Crippen LogP contribution in [0.1, 0.15) is 66.0 Å². The summed E-state index contributed by atoms with van der Waals surface area (Å²) in [6, 6.07) is 7.75. The van der Waals surface area contributed by atoms with Crippen LogP contribution in [0.2, 0.25) is 0 Å². The fourth-order valence-electron chi connectivity index (χ4n) is 9.48. The zero-order valence-corrected chi connectivity index (χ0v) is 29.1. The van der Waals surface area contributed by atoms with Gasteiger partial charge in [-0.15, -0.1) is 0 Å². The van der Waals surface area contributed by atoms with Crippen LogP contribution in [0, 0.1) is 28.1 Å². The van der Waals surface area contributed by atoms with E-state index >= 15 is 0 Å². The second-order valence-corrected chi connectivity index (χ2v) is 15.3. The summed E-state index contributed by atoms with van der Waals surface area (Å²) in [5.74, 6) is -2.70. The predicted octanol–water partition coefficient (Wildman–Crippen LogP) is 1.69. The van der Waals surface area contributed by atoms with Crippen LogP contribution in [-0.2, 0) is 28.6 Å². The molecule has 4 aliphatic rings. The molecular weight excluding hydrogens is 619 g/mol. The lowest BCUT2D eigenvalue weighted by molar-refractivity contribution is -0.302. The van der Waals surface area contributed by atoms with Crippen molar-refractivity contribution in [1.29, 1.82) is 0 Å². The van der Waals surface area contributed by atoms with E-state index in [-0.39, 0.29) is 31.9 Å².